The second-order valence-electron chi connectivity index (χ2n) is 6.68. The molecule has 0 aromatic carbocycles. The number of rotatable bonds is 4. The van der Waals surface area contributed by atoms with Crippen LogP contribution < -0.4 is 14.2 Å². The van der Waals surface area contributed by atoms with Crippen LogP contribution in [0.2, 0.25) is 0 Å². The van der Waals surface area contributed by atoms with Crippen molar-refractivity contribution in [2.75, 3.05) is 19.8 Å². The molecule has 6 heteroatoms. The van der Waals surface area contributed by atoms with E-state index in [1.54, 1.807) is 0 Å². The van der Waals surface area contributed by atoms with Gasteiger partial charge >= 0.3 is 0 Å². The number of nitrogens with zero attached hydrogens (tertiary/aromatic N) is 3. The van der Waals surface area contributed by atoms with E-state index in [-0.39, 0.29) is 6.04 Å². The van der Waals surface area contributed by atoms with Crippen LogP contribution in [0.5, 0.6) is 17.4 Å². The van der Waals surface area contributed by atoms with Gasteiger partial charge in [0.05, 0.1) is 11.7 Å². The second kappa shape index (κ2) is 6.86. The van der Waals surface area contributed by atoms with E-state index in [1.165, 1.54) is 0 Å². The highest BCUT2D eigenvalue weighted by Gasteiger charge is 2.23. The molecule has 1 unspecified atom stereocenters. The molecule has 0 amide bonds. The van der Waals surface area contributed by atoms with Crippen LogP contribution in [-0.2, 0) is 0 Å². The van der Waals surface area contributed by atoms with Crippen molar-refractivity contribution >= 4 is 0 Å². The molecule has 0 aliphatic carbocycles. The van der Waals surface area contributed by atoms with Gasteiger partial charge in [0.2, 0.25) is 0 Å². The largest absolute Gasteiger partial charge is 0.484 e. The summed E-state index contributed by atoms with van der Waals surface area (Å²) in [4.78, 5) is 11.3. The standard InChI is InChI=1S/C20H23N3O3/c1-13-10-17(11-14(2)21-13)26-16-6-7-23(12-16)15(3)18-4-5-19-20(22-18)25-9-8-24-19/h4-5,10-12,15H,6-9H2,1-3H3. The van der Waals surface area contributed by atoms with Crippen LogP contribution in [0, 0.1) is 13.8 Å². The van der Waals surface area contributed by atoms with Gasteiger partial charge in [0.15, 0.2) is 5.75 Å². The Hall–Kier alpha value is -2.76. The lowest BCUT2D eigenvalue weighted by atomic mass is 10.2. The van der Waals surface area contributed by atoms with Gasteiger partial charge in [0.1, 0.15) is 24.7 Å². The van der Waals surface area contributed by atoms with Crippen LogP contribution in [-0.4, -0.2) is 34.6 Å². The highest BCUT2D eigenvalue weighted by atomic mass is 16.6. The molecule has 2 aliphatic rings. The molecule has 6 nitrogen and oxygen atoms in total. The zero-order chi connectivity index (χ0) is 18.1. The molecule has 0 fully saturated rings. The van der Waals surface area contributed by atoms with Crippen molar-refractivity contribution in [3.63, 3.8) is 0 Å². The Morgan fingerprint density at radius 1 is 1.08 bits per heavy atom. The molecule has 2 aromatic rings. The average Bonchev–Trinajstić information content (AvgIpc) is 3.08. The van der Waals surface area contributed by atoms with Crippen LogP contribution in [0.15, 0.2) is 36.2 Å². The quantitative estimate of drug-likeness (QED) is 0.838. The summed E-state index contributed by atoms with van der Waals surface area (Å²) in [5, 5.41) is 0. The van der Waals surface area contributed by atoms with E-state index in [0.29, 0.717) is 19.1 Å². The number of aromatic nitrogens is 2. The van der Waals surface area contributed by atoms with Crippen molar-refractivity contribution in [1.29, 1.82) is 0 Å². The molecule has 2 aromatic heterocycles. The summed E-state index contributed by atoms with van der Waals surface area (Å²) in [7, 11) is 0. The summed E-state index contributed by atoms with van der Waals surface area (Å²) in [5.41, 5.74) is 2.89. The predicted molar refractivity (Wildman–Crippen MR) is 97.4 cm³/mol. The van der Waals surface area contributed by atoms with Gasteiger partial charge < -0.3 is 19.1 Å². The fourth-order valence-corrected chi connectivity index (χ4v) is 3.29. The summed E-state index contributed by atoms with van der Waals surface area (Å²) >= 11 is 0. The Morgan fingerprint density at radius 2 is 1.85 bits per heavy atom. The van der Waals surface area contributed by atoms with Crippen LogP contribution in [0.1, 0.15) is 36.5 Å². The van der Waals surface area contributed by atoms with Gasteiger partial charge in [-0.05, 0) is 32.9 Å². The van der Waals surface area contributed by atoms with E-state index < -0.39 is 0 Å². The van der Waals surface area contributed by atoms with E-state index >= 15 is 0 Å². The first-order chi connectivity index (χ1) is 12.6. The normalized spacial score (nSPS) is 17.0. The van der Waals surface area contributed by atoms with E-state index in [2.05, 4.69) is 28.0 Å². The van der Waals surface area contributed by atoms with Gasteiger partial charge in [-0.1, -0.05) is 0 Å². The van der Waals surface area contributed by atoms with Gasteiger partial charge in [0.25, 0.3) is 5.88 Å². The molecule has 0 saturated carbocycles. The van der Waals surface area contributed by atoms with E-state index in [9.17, 15) is 0 Å². The monoisotopic (exact) mass is 353 g/mol. The number of hydrogen-bond donors (Lipinski definition) is 0. The maximum Gasteiger partial charge on any atom is 0.257 e. The molecule has 4 heterocycles. The molecule has 0 radical (unpaired) electrons. The molecule has 0 spiro atoms. The summed E-state index contributed by atoms with van der Waals surface area (Å²) in [6.45, 7) is 8.11. The fourth-order valence-electron chi connectivity index (χ4n) is 3.29. The van der Waals surface area contributed by atoms with Crippen LogP contribution in [0.3, 0.4) is 0 Å². The first-order valence-electron chi connectivity index (χ1n) is 8.94. The van der Waals surface area contributed by atoms with Gasteiger partial charge in [-0.2, -0.15) is 0 Å². The molecule has 136 valence electrons. The molecule has 0 N–H and O–H groups in total. The molecular weight excluding hydrogens is 330 g/mol. The third-order valence-electron chi connectivity index (χ3n) is 4.58. The molecule has 4 rings (SSSR count). The first kappa shape index (κ1) is 16.7. The minimum Gasteiger partial charge on any atom is -0.484 e. The van der Waals surface area contributed by atoms with Gasteiger partial charge in [-0.25, -0.2) is 4.98 Å². The lowest BCUT2D eigenvalue weighted by Crippen LogP contribution is -2.21. The summed E-state index contributed by atoms with van der Waals surface area (Å²) < 4.78 is 17.2. The Kier molecular flexibility index (Phi) is 4.41. The van der Waals surface area contributed by atoms with Crippen LogP contribution >= 0.6 is 0 Å². The SMILES string of the molecule is Cc1cc(OC2=CN(C(C)c3ccc4c(n3)OCCO4)CC2)cc(C)n1. The number of ether oxygens (including phenoxy) is 3. The zero-order valence-electron chi connectivity index (χ0n) is 15.4. The Bertz CT molecular complexity index is 830. The van der Waals surface area contributed by atoms with Crippen molar-refractivity contribution in [1.82, 2.24) is 14.9 Å². The topological polar surface area (TPSA) is 56.7 Å². The van der Waals surface area contributed by atoms with Crippen molar-refractivity contribution in [3.8, 4) is 17.4 Å². The summed E-state index contributed by atoms with van der Waals surface area (Å²) in [5.74, 6) is 3.10. The maximum absolute atomic E-state index is 6.06. The highest BCUT2D eigenvalue weighted by molar-refractivity contribution is 5.36. The molecule has 1 atom stereocenters. The Balaban J connectivity index is 1.48. The maximum atomic E-state index is 6.06. The van der Waals surface area contributed by atoms with Crippen LogP contribution in [0.25, 0.3) is 0 Å². The molecule has 0 bridgehead atoms. The van der Waals surface area contributed by atoms with Gasteiger partial charge in [-0.3, -0.25) is 4.98 Å². The van der Waals surface area contributed by atoms with Gasteiger partial charge in [0, 0.05) is 42.7 Å². The van der Waals surface area contributed by atoms with Crippen molar-refractivity contribution in [2.24, 2.45) is 0 Å². The fraction of sp³-hybridized carbons (Fsp3) is 0.400. The summed E-state index contributed by atoms with van der Waals surface area (Å²) in [6, 6.07) is 7.99. The average molecular weight is 353 g/mol. The van der Waals surface area contributed by atoms with E-state index in [1.807, 2.05) is 38.1 Å². The Morgan fingerprint density at radius 3 is 2.65 bits per heavy atom. The number of fused-ring (bicyclic) bond motifs is 1. The van der Waals surface area contributed by atoms with Crippen molar-refractivity contribution in [2.45, 2.75) is 33.2 Å². The highest BCUT2D eigenvalue weighted by Crippen LogP contribution is 2.32. The minimum absolute atomic E-state index is 0.132. The van der Waals surface area contributed by atoms with Crippen LogP contribution in [0.4, 0.5) is 0 Å². The van der Waals surface area contributed by atoms with Crippen molar-refractivity contribution in [3.05, 3.63) is 53.3 Å². The van der Waals surface area contributed by atoms with E-state index in [0.717, 1.165) is 47.3 Å². The predicted octanol–water partition coefficient (Wildman–Crippen LogP) is 3.55. The first-order valence-corrected chi connectivity index (χ1v) is 8.94. The lowest BCUT2D eigenvalue weighted by Gasteiger charge is -2.25. The zero-order valence-corrected chi connectivity index (χ0v) is 15.4. The third kappa shape index (κ3) is 3.45. The number of pyridine rings is 2. The smallest absolute Gasteiger partial charge is 0.257 e. The number of aryl methyl sites for hydroxylation is 2. The molecule has 2 aliphatic heterocycles. The van der Waals surface area contributed by atoms with E-state index in [4.69, 9.17) is 14.2 Å². The second-order valence-corrected chi connectivity index (χ2v) is 6.68. The Labute approximate surface area is 153 Å². The molecule has 0 saturated heterocycles. The summed E-state index contributed by atoms with van der Waals surface area (Å²) in [6.07, 6.45) is 2.95. The van der Waals surface area contributed by atoms with Crippen molar-refractivity contribution < 1.29 is 14.2 Å². The molecular formula is C20H23N3O3. The molecule has 26 heavy (non-hydrogen) atoms. The lowest BCUT2D eigenvalue weighted by molar-refractivity contribution is 0.163. The minimum atomic E-state index is 0.132. The van der Waals surface area contributed by atoms with Gasteiger partial charge in [-0.15, -0.1) is 0 Å². The third-order valence-corrected chi connectivity index (χ3v) is 4.58. The number of hydrogen-bond acceptors (Lipinski definition) is 6.